The van der Waals surface area contributed by atoms with Gasteiger partial charge in [-0.2, -0.15) is 0 Å². The minimum atomic E-state index is -2.61. The Labute approximate surface area is 119 Å². The summed E-state index contributed by atoms with van der Waals surface area (Å²) in [4.78, 5) is 15.9. The minimum Gasteiger partial charge on any atom is -0.373 e. The number of nitroso groups, excluding NO2 is 1. The van der Waals surface area contributed by atoms with E-state index in [4.69, 9.17) is 0 Å². The number of pyridine rings is 1. The summed E-state index contributed by atoms with van der Waals surface area (Å²) < 4.78 is 25.6. The zero-order chi connectivity index (χ0) is 15.4. The lowest BCUT2D eigenvalue weighted by Gasteiger charge is -2.27. The lowest BCUT2D eigenvalue weighted by molar-refractivity contribution is 0.151. The van der Waals surface area contributed by atoms with E-state index in [-0.39, 0.29) is 17.1 Å². The van der Waals surface area contributed by atoms with Gasteiger partial charge in [0.15, 0.2) is 0 Å². The number of anilines is 2. The molecule has 1 aromatic heterocycles. The molecule has 21 heavy (non-hydrogen) atoms. The maximum Gasteiger partial charge on any atom is 0.263 e. The van der Waals surface area contributed by atoms with E-state index in [9.17, 15) is 18.8 Å². The van der Waals surface area contributed by atoms with Gasteiger partial charge in [-0.05, 0) is 30.3 Å². The number of halogens is 2. The molecule has 0 amide bonds. The van der Waals surface area contributed by atoms with Crippen molar-refractivity contribution >= 4 is 17.2 Å². The van der Waals surface area contributed by atoms with E-state index in [0.717, 1.165) is 0 Å². The van der Waals surface area contributed by atoms with Crippen molar-refractivity contribution in [1.82, 2.24) is 4.98 Å². The molecule has 2 rings (SSSR count). The zero-order valence-electron chi connectivity index (χ0n) is 11.1. The van der Waals surface area contributed by atoms with Gasteiger partial charge in [-0.15, -0.1) is 4.91 Å². The van der Waals surface area contributed by atoms with E-state index in [0.29, 0.717) is 5.69 Å². The van der Waals surface area contributed by atoms with Crippen molar-refractivity contribution in [2.24, 2.45) is 5.18 Å². The van der Waals surface area contributed by atoms with Gasteiger partial charge in [0.05, 0.1) is 0 Å². The van der Waals surface area contributed by atoms with E-state index in [2.05, 4.69) is 10.2 Å². The van der Waals surface area contributed by atoms with Gasteiger partial charge in [-0.25, -0.2) is 13.8 Å². The van der Waals surface area contributed by atoms with Gasteiger partial charge in [0.25, 0.3) is 6.43 Å². The van der Waals surface area contributed by atoms with Gasteiger partial charge in [-0.1, -0.05) is 12.1 Å². The van der Waals surface area contributed by atoms with Crippen molar-refractivity contribution in [3.05, 3.63) is 53.1 Å². The number of rotatable bonds is 5. The Bertz CT molecular complexity index is 635. The molecule has 0 aliphatic rings. The van der Waals surface area contributed by atoms with Crippen molar-refractivity contribution in [2.45, 2.75) is 19.6 Å². The molecule has 0 saturated heterocycles. The third-order valence-corrected chi connectivity index (χ3v) is 2.86. The third-order valence-electron chi connectivity index (χ3n) is 2.86. The maximum atomic E-state index is 12.8. The van der Waals surface area contributed by atoms with Crippen LogP contribution in [0.1, 0.15) is 18.9 Å². The van der Waals surface area contributed by atoms with E-state index in [1.54, 1.807) is 6.07 Å². The third kappa shape index (κ3) is 3.38. The monoisotopic (exact) mass is 293 g/mol. The van der Waals surface area contributed by atoms with Crippen LogP contribution in [0, 0.1) is 4.91 Å². The Morgan fingerprint density at radius 3 is 2.67 bits per heavy atom. The SMILES string of the molecule is CC(O)N(c1cccc(C(F)F)c1)c1cc(N=O)ccn1. The van der Waals surface area contributed by atoms with Crippen molar-refractivity contribution in [3.63, 3.8) is 0 Å². The summed E-state index contributed by atoms with van der Waals surface area (Å²) in [5, 5.41) is 12.7. The molecular formula is C14H13F2N3O2. The standard InChI is InChI=1S/C14H13F2N3O2/c1-9(20)19(13-8-11(18-21)5-6-17-13)12-4-2-3-10(7-12)14(15)16/h2-9,14,20H,1H3. The van der Waals surface area contributed by atoms with Crippen molar-refractivity contribution in [1.29, 1.82) is 0 Å². The highest BCUT2D eigenvalue weighted by Crippen LogP contribution is 2.30. The number of aromatic nitrogens is 1. The molecule has 1 atom stereocenters. The summed E-state index contributed by atoms with van der Waals surface area (Å²) in [7, 11) is 0. The van der Waals surface area contributed by atoms with Gasteiger partial charge in [0, 0.05) is 23.5 Å². The predicted octanol–water partition coefficient (Wildman–Crippen LogP) is 3.89. The van der Waals surface area contributed by atoms with Crippen molar-refractivity contribution < 1.29 is 13.9 Å². The molecule has 110 valence electrons. The fraction of sp³-hybridized carbons (Fsp3) is 0.214. The van der Waals surface area contributed by atoms with Gasteiger partial charge >= 0.3 is 0 Å². The van der Waals surface area contributed by atoms with Crippen LogP contribution in [0.15, 0.2) is 47.8 Å². The molecular weight excluding hydrogens is 280 g/mol. The van der Waals surface area contributed by atoms with Crippen LogP contribution in [0.25, 0.3) is 0 Å². The molecule has 0 fully saturated rings. The minimum absolute atomic E-state index is 0.135. The molecule has 0 radical (unpaired) electrons. The van der Waals surface area contributed by atoms with Crippen LogP contribution < -0.4 is 4.90 Å². The number of alkyl halides is 2. The number of nitrogens with zero attached hydrogens (tertiary/aromatic N) is 3. The molecule has 1 N–H and O–H groups in total. The Morgan fingerprint density at radius 2 is 2.05 bits per heavy atom. The van der Waals surface area contributed by atoms with Crippen molar-refractivity contribution in [3.8, 4) is 0 Å². The largest absolute Gasteiger partial charge is 0.373 e. The Balaban J connectivity index is 2.48. The van der Waals surface area contributed by atoms with Crippen LogP contribution in [0.3, 0.4) is 0 Å². The van der Waals surface area contributed by atoms with E-state index in [1.165, 1.54) is 48.4 Å². The quantitative estimate of drug-likeness (QED) is 0.671. The molecule has 1 heterocycles. The first-order valence-corrected chi connectivity index (χ1v) is 6.17. The molecule has 0 aliphatic heterocycles. The highest BCUT2D eigenvalue weighted by Gasteiger charge is 2.18. The van der Waals surface area contributed by atoms with E-state index >= 15 is 0 Å². The molecule has 5 nitrogen and oxygen atoms in total. The second-order valence-electron chi connectivity index (χ2n) is 4.36. The number of aliphatic hydroxyl groups is 1. The number of aliphatic hydroxyl groups excluding tert-OH is 1. The first kappa shape index (κ1) is 15.0. The van der Waals surface area contributed by atoms with Crippen molar-refractivity contribution in [2.75, 3.05) is 4.90 Å². The second kappa shape index (κ2) is 6.36. The van der Waals surface area contributed by atoms with Gasteiger partial charge in [-0.3, -0.25) is 0 Å². The average Bonchev–Trinajstić information content (AvgIpc) is 2.47. The molecule has 7 heteroatoms. The Kier molecular flexibility index (Phi) is 4.54. The lowest BCUT2D eigenvalue weighted by atomic mass is 10.2. The first-order valence-electron chi connectivity index (χ1n) is 6.17. The van der Waals surface area contributed by atoms with Crippen LogP contribution in [-0.2, 0) is 0 Å². The summed E-state index contributed by atoms with van der Waals surface area (Å²) in [6.07, 6.45) is -2.28. The molecule has 0 bridgehead atoms. The van der Waals surface area contributed by atoms with Crippen LogP contribution in [-0.4, -0.2) is 16.3 Å². The fourth-order valence-electron chi connectivity index (χ4n) is 1.95. The number of hydrogen-bond acceptors (Lipinski definition) is 5. The molecule has 1 unspecified atom stereocenters. The van der Waals surface area contributed by atoms with E-state index < -0.39 is 12.7 Å². The topological polar surface area (TPSA) is 65.8 Å². The number of hydrogen-bond donors (Lipinski definition) is 1. The molecule has 0 aliphatic carbocycles. The summed E-state index contributed by atoms with van der Waals surface area (Å²) in [6.45, 7) is 1.47. The van der Waals surface area contributed by atoms with Gasteiger partial charge in [0.2, 0.25) is 0 Å². The summed E-state index contributed by atoms with van der Waals surface area (Å²) in [6, 6.07) is 8.38. The zero-order valence-corrected chi connectivity index (χ0v) is 11.1. The summed E-state index contributed by atoms with van der Waals surface area (Å²) in [5.74, 6) is 0.244. The summed E-state index contributed by atoms with van der Waals surface area (Å²) >= 11 is 0. The second-order valence-corrected chi connectivity index (χ2v) is 4.36. The molecule has 0 saturated carbocycles. The Hall–Kier alpha value is -2.41. The van der Waals surface area contributed by atoms with E-state index in [1.807, 2.05) is 0 Å². The smallest absolute Gasteiger partial charge is 0.263 e. The fourth-order valence-corrected chi connectivity index (χ4v) is 1.95. The molecule has 1 aromatic carbocycles. The lowest BCUT2D eigenvalue weighted by Crippen LogP contribution is -2.28. The normalized spacial score (nSPS) is 12.2. The predicted molar refractivity (Wildman–Crippen MR) is 74.9 cm³/mol. The van der Waals surface area contributed by atoms with Gasteiger partial charge < -0.3 is 10.0 Å². The first-order chi connectivity index (χ1) is 10.0. The highest BCUT2D eigenvalue weighted by atomic mass is 19.3. The van der Waals surface area contributed by atoms with Crippen LogP contribution in [0.2, 0.25) is 0 Å². The molecule has 0 spiro atoms. The molecule has 2 aromatic rings. The number of benzene rings is 1. The van der Waals surface area contributed by atoms with Crippen LogP contribution >= 0.6 is 0 Å². The maximum absolute atomic E-state index is 12.8. The highest BCUT2D eigenvalue weighted by molar-refractivity contribution is 5.63. The summed E-state index contributed by atoms with van der Waals surface area (Å²) in [5.41, 5.74) is 0.317. The Morgan fingerprint density at radius 1 is 1.29 bits per heavy atom. The van der Waals surface area contributed by atoms with Crippen LogP contribution in [0.4, 0.5) is 26.0 Å². The van der Waals surface area contributed by atoms with Gasteiger partial charge in [0.1, 0.15) is 17.7 Å². The van der Waals surface area contributed by atoms with Crippen LogP contribution in [0.5, 0.6) is 0 Å². The average molecular weight is 293 g/mol.